The highest BCUT2D eigenvalue weighted by molar-refractivity contribution is 7.80. The van der Waals surface area contributed by atoms with Crippen LogP contribution in [0.2, 0.25) is 0 Å². The van der Waals surface area contributed by atoms with Crippen molar-refractivity contribution < 1.29 is 0 Å². The number of pyridine rings is 1. The van der Waals surface area contributed by atoms with Crippen LogP contribution in [0.4, 0.5) is 0 Å². The molecule has 0 fully saturated rings. The van der Waals surface area contributed by atoms with E-state index in [0.29, 0.717) is 5.11 Å². The van der Waals surface area contributed by atoms with Crippen molar-refractivity contribution >= 4 is 23.0 Å². The fourth-order valence-corrected chi connectivity index (χ4v) is 1.62. The third-order valence-electron chi connectivity index (χ3n) is 2.62. The van der Waals surface area contributed by atoms with Gasteiger partial charge in [-0.1, -0.05) is 36.4 Å². The van der Waals surface area contributed by atoms with Gasteiger partial charge in [-0.15, -0.1) is 0 Å². The number of nitrogens with zero attached hydrogens (tertiary/aromatic N) is 3. The molecule has 0 aliphatic heterocycles. The average molecular weight is 284 g/mol. The van der Waals surface area contributed by atoms with E-state index >= 15 is 0 Å². The Morgan fingerprint density at radius 1 is 1.10 bits per heavy atom. The molecule has 2 aromatic rings. The molecule has 102 valence electrons. The molecule has 0 radical (unpaired) electrons. The number of rotatable bonds is 3. The molecular formula is C15H16N4S. The Labute approximate surface area is 124 Å². The maximum Gasteiger partial charge on any atom is 0.189 e. The van der Waals surface area contributed by atoms with E-state index in [4.69, 9.17) is 12.2 Å². The predicted octanol–water partition coefficient (Wildman–Crippen LogP) is 2.27. The number of thiocarbonyl (C=S) groups is 1. The molecule has 2 rings (SSSR count). The first-order valence-corrected chi connectivity index (χ1v) is 6.61. The molecule has 0 bridgehead atoms. The molecule has 0 spiro atoms. The second-order valence-electron chi connectivity index (χ2n) is 4.35. The van der Waals surface area contributed by atoms with Gasteiger partial charge in [0.15, 0.2) is 5.11 Å². The van der Waals surface area contributed by atoms with Gasteiger partial charge in [-0.3, -0.25) is 10.4 Å². The van der Waals surface area contributed by atoms with Crippen molar-refractivity contribution in [3.63, 3.8) is 0 Å². The van der Waals surface area contributed by atoms with Gasteiger partial charge in [-0.05, 0) is 24.4 Å². The molecule has 0 amide bonds. The zero-order chi connectivity index (χ0) is 14.4. The van der Waals surface area contributed by atoms with Gasteiger partial charge in [-0.25, -0.2) is 0 Å². The first-order chi connectivity index (χ1) is 9.68. The Bertz CT molecular complexity index is 552. The Morgan fingerprint density at radius 3 is 2.40 bits per heavy atom. The smallest absolute Gasteiger partial charge is 0.189 e. The van der Waals surface area contributed by atoms with Crippen LogP contribution in [0.25, 0.3) is 0 Å². The van der Waals surface area contributed by atoms with E-state index in [-0.39, 0.29) is 0 Å². The number of hydrogen-bond acceptors (Lipinski definition) is 3. The third kappa shape index (κ3) is 3.61. The molecule has 5 heteroatoms. The van der Waals surface area contributed by atoms with Crippen LogP contribution in [0.3, 0.4) is 0 Å². The average Bonchev–Trinajstić information content (AvgIpc) is 2.49. The maximum atomic E-state index is 5.18. The van der Waals surface area contributed by atoms with Crippen LogP contribution in [0.15, 0.2) is 59.8 Å². The minimum Gasteiger partial charge on any atom is -0.354 e. The van der Waals surface area contributed by atoms with E-state index < -0.39 is 0 Å². The monoisotopic (exact) mass is 284 g/mol. The van der Waals surface area contributed by atoms with E-state index in [9.17, 15) is 0 Å². The zero-order valence-corrected chi connectivity index (χ0v) is 12.3. The van der Waals surface area contributed by atoms with Crippen LogP contribution >= 0.6 is 12.2 Å². The first-order valence-electron chi connectivity index (χ1n) is 6.20. The summed E-state index contributed by atoms with van der Waals surface area (Å²) < 4.78 is 0. The standard InChI is InChI=1S/C15H16N4S/c1-19(2)15(20)18-17-14(12-8-4-3-5-9-12)13-10-6-7-11-16-13/h3-11H,1-2H3,(H,18,20)/b17-14-. The van der Waals surface area contributed by atoms with Crippen LogP contribution in [-0.2, 0) is 0 Å². The summed E-state index contributed by atoms with van der Waals surface area (Å²) in [6.45, 7) is 0. The molecule has 0 aliphatic carbocycles. The van der Waals surface area contributed by atoms with Crippen LogP contribution in [0.1, 0.15) is 11.3 Å². The van der Waals surface area contributed by atoms with Gasteiger partial charge in [0, 0.05) is 25.9 Å². The molecule has 0 saturated carbocycles. The van der Waals surface area contributed by atoms with E-state index in [2.05, 4.69) is 15.5 Å². The summed E-state index contributed by atoms with van der Waals surface area (Å²) in [4.78, 5) is 6.14. The van der Waals surface area contributed by atoms with Crippen molar-refractivity contribution in [2.45, 2.75) is 0 Å². The highest BCUT2D eigenvalue weighted by Crippen LogP contribution is 2.08. The van der Waals surface area contributed by atoms with Crippen molar-refractivity contribution in [2.24, 2.45) is 5.10 Å². The molecule has 1 heterocycles. The summed E-state index contributed by atoms with van der Waals surface area (Å²) in [6.07, 6.45) is 1.75. The zero-order valence-electron chi connectivity index (χ0n) is 11.4. The molecule has 1 aromatic carbocycles. The Hall–Kier alpha value is -2.27. The molecule has 1 N–H and O–H groups in total. The number of hydrogen-bond donors (Lipinski definition) is 1. The van der Waals surface area contributed by atoms with Crippen LogP contribution in [-0.4, -0.2) is 34.8 Å². The van der Waals surface area contributed by atoms with Gasteiger partial charge in [0.05, 0.1) is 5.69 Å². The van der Waals surface area contributed by atoms with Crippen LogP contribution in [0, 0.1) is 0 Å². The third-order valence-corrected chi connectivity index (χ3v) is 3.08. The molecule has 0 unspecified atom stereocenters. The second-order valence-corrected chi connectivity index (χ2v) is 4.74. The summed E-state index contributed by atoms with van der Waals surface area (Å²) >= 11 is 5.18. The quantitative estimate of drug-likeness (QED) is 0.533. The van der Waals surface area contributed by atoms with E-state index in [1.54, 1.807) is 11.1 Å². The fraction of sp³-hybridized carbons (Fsp3) is 0.133. The summed E-state index contributed by atoms with van der Waals surface area (Å²) in [7, 11) is 3.74. The van der Waals surface area contributed by atoms with Gasteiger partial charge < -0.3 is 4.90 Å². The molecule has 1 aromatic heterocycles. The van der Waals surface area contributed by atoms with Crippen molar-refractivity contribution in [3.05, 3.63) is 66.0 Å². The normalized spacial score (nSPS) is 11.0. The van der Waals surface area contributed by atoms with Gasteiger partial charge >= 0.3 is 0 Å². The SMILES string of the molecule is CN(C)C(=S)N/N=C(/c1ccccc1)c1ccccn1. The molecule has 0 atom stereocenters. The molecule has 4 nitrogen and oxygen atoms in total. The minimum absolute atomic E-state index is 0.550. The lowest BCUT2D eigenvalue weighted by Gasteiger charge is -2.13. The predicted molar refractivity (Wildman–Crippen MR) is 85.7 cm³/mol. The summed E-state index contributed by atoms with van der Waals surface area (Å²) in [5.41, 5.74) is 5.43. The summed E-state index contributed by atoms with van der Waals surface area (Å²) in [5.74, 6) is 0. The largest absolute Gasteiger partial charge is 0.354 e. The Morgan fingerprint density at radius 2 is 1.80 bits per heavy atom. The topological polar surface area (TPSA) is 40.5 Å². The Kier molecular flexibility index (Phi) is 4.79. The van der Waals surface area contributed by atoms with Gasteiger partial charge in [0.25, 0.3) is 0 Å². The van der Waals surface area contributed by atoms with E-state index in [1.165, 1.54) is 0 Å². The van der Waals surface area contributed by atoms with Crippen LogP contribution in [0.5, 0.6) is 0 Å². The number of benzene rings is 1. The molecule has 0 saturated heterocycles. The first kappa shape index (κ1) is 14.1. The van der Waals surface area contributed by atoms with Gasteiger partial charge in [0.2, 0.25) is 0 Å². The maximum absolute atomic E-state index is 5.18. The van der Waals surface area contributed by atoms with E-state index in [1.807, 2.05) is 62.6 Å². The highest BCUT2D eigenvalue weighted by Gasteiger charge is 2.08. The molecule has 20 heavy (non-hydrogen) atoms. The van der Waals surface area contributed by atoms with Crippen molar-refractivity contribution in [1.29, 1.82) is 0 Å². The van der Waals surface area contributed by atoms with Gasteiger partial charge in [-0.2, -0.15) is 5.10 Å². The molecule has 0 aliphatic rings. The Balaban J connectivity index is 2.35. The second kappa shape index (κ2) is 6.77. The minimum atomic E-state index is 0.550. The lowest BCUT2D eigenvalue weighted by molar-refractivity contribution is 0.606. The summed E-state index contributed by atoms with van der Waals surface area (Å²) in [6, 6.07) is 15.6. The molecular weight excluding hydrogens is 268 g/mol. The number of hydrazone groups is 1. The van der Waals surface area contributed by atoms with Crippen molar-refractivity contribution in [2.75, 3.05) is 14.1 Å². The van der Waals surface area contributed by atoms with Gasteiger partial charge in [0.1, 0.15) is 5.71 Å². The fourth-order valence-electron chi connectivity index (χ4n) is 1.57. The van der Waals surface area contributed by atoms with Crippen LogP contribution < -0.4 is 5.43 Å². The number of aromatic nitrogens is 1. The number of nitrogens with one attached hydrogen (secondary N) is 1. The van der Waals surface area contributed by atoms with E-state index in [0.717, 1.165) is 17.0 Å². The van der Waals surface area contributed by atoms with Crippen molar-refractivity contribution in [3.8, 4) is 0 Å². The van der Waals surface area contributed by atoms with Crippen molar-refractivity contribution in [1.82, 2.24) is 15.3 Å². The lowest BCUT2D eigenvalue weighted by atomic mass is 10.1. The summed E-state index contributed by atoms with van der Waals surface area (Å²) in [5, 5.41) is 4.96. The highest BCUT2D eigenvalue weighted by atomic mass is 32.1. The lowest BCUT2D eigenvalue weighted by Crippen LogP contribution is -2.31.